The highest BCUT2D eigenvalue weighted by atomic mass is 15.3. The van der Waals surface area contributed by atoms with E-state index in [9.17, 15) is 10.5 Å². The molecule has 8 heteroatoms. The molecule has 9 rings (SSSR count). The van der Waals surface area contributed by atoms with E-state index < -0.39 is 0 Å². The molecule has 0 aliphatic rings. The van der Waals surface area contributed by atoms with Gasteiger partial charge in [0.1, 0.15) is 12.1 Å². The number of aromatic nitrogens is 5. The van der Waals surface area contributed by atoms with Gasteiger partial charge >= 0.3 is 0 Å². The van der Waals surface area contributed by atoms with Gasteiger partial charge in [-0.15, -0.1) is 0 Å². The van der Waals surface area contributed by atoms with Gasteiger partial charge in [-0.25, -0.2) is 14.5 Å². The van der Waals surface area contributed by atoms with Gasteiger partial charge in [-0.05, 0) is 78.9 Å². The van der Waals surface area contributed by atoms with Crippen molar-refractivity contribution in [3.8, 4) is 17.8 Å². The van der Waals surface area contributed by atoms with E-state index in [2.05, 4.69) is 72.9 Å². The maximum absolute atomic E-state index is 10.1. The van der Waals surface area contributed by atoms with Crippen LogP contribution in [-0.2, 0) is 0 Å². The largest absolute Gasteiger partial charge is 0.310 e. The van der Waals surface area contributed by atoms with Crippen LogP contribution in [0.25, 0.3) is 50.3 Å². The lowest BCUT2D eigenvalue weighted by Crippen LogP contribution is -2.10. The highest BCUT2D eigenvalue weighted by molar-refractivity contribution is 5.94. The molecule has 48 heavy (non-hydrogen) atoms. The number of para-hydroxylation sites is 6. The van der Waals surface area contributed by atoms with Gasteiger partial charge in [0.2, 0.25) is 11.6 Å². The molecule has 0 bridgehead atoms. The van der Waals surface area contributed by atoms with E-state index in [1.807, 2.05) is 91.0 Å². The smallest absolute Gasteiger partial charge is 0.223 e. The number of nitriles is 2. The lowest BCUT2D eigenvalue weighted by molar-refractivity contribution is 1.03. The van der Waals surface area contributed by atoms with E-state index in [4.69, 9.17) is 9.97 Å². The second kappa shape index (κ2) is 10.7. The third-order valence-electron chi connectivity index (χ3n) is 8.70. The summed E-state index contributed by atoms with van der Waals surface area (Å²) in [5, 5.41) is 20.2. The molecule has 9 aromatic rings. The molecule has 3 heterocycles. The highest BCUT2D eigenvalue weighted by Crippen LogP contribution is 2.36. The van der Waals surface area contributed by atoms with Gasteiger partial charge in [0, 0.05) is 17.1 Å². The summed E-state index contributed by atoms with van der Waals surface area (Å²) in [5.74, 6) is 1.23. The number of hydrogen-bond donors (Lipinski definition) is 0. The van der Waals surface area contributed by atoms with Crippen molar-refractivity contribution in [3.05, 3.63) is 157 Å². The predicted octanol–water partition coefficient (Wildman–Crippen LogP) is 9.01. The molecule has 0 saturated heterocycles. The molecule has 0 aliphatic heterocycles. The van der Waals surface area contributed by atoms with Crippen molar-refractivity contribution >= 4 is 61.7 Å². The fourth-order valence-electron chi connectivity index (χ4n) is 6.61. The van der Waals surface area contributed by atoms with Crippen molar-refractivity contribution in [3.63, 3.8) is 0 Å². The normalized spacial score (nSPS) is 11.3. The summed E-state index contributed by atoms with van der Waals surface area (Å²) in [6, 6.07) is 52.9. The van der Waals surface area contributed by atoms with Crippen LogP contribution in [0.2, 0.25) is 0 Å². The van der Waals surface area contributed by atoms with Crippen LogP contribution in [-0.4, -0.2) is 23.3 Å². The number of nitrogens with zero attached hydrogens (tertiary/aromatic N) is 8. The zero-order valence-electron chi connectivity index (χ0n) is 25.4. The summed E-state index contributed by atoms with van der Waals surface area (Å²) in [6.07, 6.45) is 0. The van der Waals surface area contributed by atoms with Crippen molar-refractivity contribution in [2.45, 2.75) is 0 Å². The van der Waals surface area contributed by atoms with Crippen molar-refractivity contribution < 1.29 is 0 Å². The van der Waals surface area contributed by atoms with E-state index in [0.29, 0.717) is 22.7 Å². The van der Waals surface area contributed by atoms with E-state index in [1.165, 1.54) is 0 Å². The van der Waals surface area contributed by atoms with E-state index in [-0.39, 0.29) is 0 Å². The summed E-state index contributed by atoms with van der Waals surface area (Å²) < 4.78 is 6.19. The van der Waals surface area contributed by atoms with Crippen LogP contribution < -0.4 is 4.90 Å². The number of rotatable bonds is 4. The average molecular weight is 617 g/mol. The Kier molecular flexibility index (Phi) is 6.07. The highest BCUT2D eigenvalue weighted by Gasteiger charge is 2.21. The summed E-state index contributed by atoms with van der Waals surface area (Å²) in [7, 11) is 0. The fourth-order valence-corrected chi connectivity index (χ4v) is 6.61. The summed E-state index contributed by atoms with van der Waals surface area (Å²) in [6.45, 7) is 0. The van der Waals surface area contributed by atoms with Crippen LogP contribution in [0.5, 0.6) is 0 Å². The SMILES string of the molecule is N#Cc1cc2c(cc1C#N)n1c3ccccc3nc1n(-c1cccc(N(c3ccccc3)c3ccccc3)c1)c1nc3ccccc3n21. The molecule has 0 radical (unpaired) electrons. The first-order valence-electron chi connectivity index (χ1n) is 15.5. The van der Waals surface area contributed by atoms with Crippen LogP contribution in [0.15, 0.2) is 146 Å². The Balaban J connectivity index is 1.48. The Morgan fingerprint density at radius 1 is 0.458 bits per heavy atom. The minimum absolute atomic E-state index is 0.294. The molecule has 0 unspecified atom stereocenters. The summed E-state index contributed by atoms with van der Waals surface area (Å²) in [5.41, 5.74) is 9.22. The van der Waals surface area contributed by atoms with Gasteiger partial charge in [-0.3, -0.25) is 8.80 Å². The van der Waals surface area contributed by atoms with E-state index in [0.717, 1.165) is 55.8 Å². The minimum atomic E-state index is 0.294. The Labute approximate surface area is 274 Å². The molecule has 0 N–H and O–H groups in total. The quantitative estimate of drug-likeness (QED) is 0.197. The minimum Gasteiger partial charge on any atom is -0.310 e. The van der Waals surface area contributed by atoms with Crippen LogP contribution in [0.1, 0.15) is 11.1 Å². The van der Waals surface area contributed by atoms with Crippen LogP contribution in [0, 0.1) is 22.7 Å². The van der Waals surface area contributed by atoms with Crippen LogP contribution in [0.4, 0.5) is 17.1 Å². The number of anilines is 3. The van der Waals surface area contributed by atoms with Crippen molar-refractivity contribution in [1.29, 1.82) is 10.5 Å². The molecule has 3 aromatic heterocycles. The summed E-state index contributed by atoms with van der Waals surface area (Å²) >= 11 is 0. The van der Waals surface area contributed by atoms with E-state index in [1.54, 1.807) is 12.1 Å². The molecule has 0 fully saturated rings. The first kappa shape index (κ1) is 27.2. The molecular formula is C40H24N8. The number of imidazole rings is 2. The lowest BCUT2D eigenvalue weighted by atomic mass is 10.1. The standard InChI is InChI=1S/C40H24N8/c41-25-27-22-37-38(23-28(27)26-42)48-36-21-10-8-19-34(36)44-40(48)46(39-43-33-18-7-9-20-35(33)47(37)39)32-17-11-16-31(24-32)45(29-12-3-1-4-13-29)30-14-5-2-6-15-30/h1-24H. The topological polar surface area (TPSA) is 90.3 Å². The average Bonchev–Trinajstić information content (AvgIpc) is 3.68. The first-order valence-corrected chi connectivity index (χ1v) is 15.5. The molecule has 6 aromatic carbocycles. The Hall–Kier alpha value is -7.16. The van der Waals surface area contributed by atoms with Gasteiger partial charge in [0.15, 0.2) is 0 Å². The zero-order chi connectivity index (χ0) is 32.2. The second-order valence-electron chi connectivity index (χ2n) is 11.4. The van der Waals surface area contributed by atoms with Gasteiger partial charge in [0.25, 0.3) is 0 Å². The van der Waals surface area contributed by atoms with Gasteiger partial charge in [-0.1, -0.05) is 66.7 Å². The molecule has 0 atom stereocenters. The first-order chi connectivity index (χ1) is 23.7. The molecule has 0 spiro atoms. The second-order valence-corrected chi connectivity index (χ2v) is 11.4. The van der Waals surface area contributed by atoms with Crippen molar-refractivity contribution in [2.75, 3.05) is 4.90 Å². The third-order valence-corrected chi connectivity index (χ3v) is 8.70. The molecule has 224 valence electrons. The molecule has 8 nitrogen and oxygen atoms in total. The zero-order valence-corrected chi connectivity index (χ0v) is 25.4. The van der Waals surface area contributed by atoms with Gasteiger partial charge in [-0.2, -0.15) is 10.5 Å². The van der Waals surface area contributed by atoms with Crippen LogP contribution in [0.3, 0.4) is 0 Å². The lowest BCUT2D eigenvalue weighted by Gasteiger charge is -2.26. The van der Waals surface area contributed by atoms with E-state index >= 15 is 0 Å². The number of hydrogen-bond acceptors (Lipinski definition) is 5. The molecule has 0 saturated carbocycles. The monoisotopic (exact) mass is 616 g/mol. The molecule has 0 amide bonds. The maximum atomic E-state index is 10.1. The summed E-state index contributed by atoms with van der Waals surface area (Å²) in [4.78, 5) is 12.6. The third kappa shape index (κ3) is 4.07. The number of fused-ring (bicyclic) bond motifs is 9. The Morgan fingerprint density at radius 3 is 1.42 bits per heavy atom. The number of benzene rings is 6. The fraction of sp³-hybridized carbons (Fsp3) is 0. The molecule has 0 aliphatic carbocycles. The van der Waals surface area contributed by atoms with Gasteiger partial charge < -0.3 is 4.90 Å². The maximum Gasteiger partial charge on any atom is 0.223 e. The Morgan fingerprint density at radius 2 is 0.917 bits per heavy atom. The van der Waals surface area contributed by atoms with Crippen LogP contribution >= 0.6 is 0 Å². The van der Waals surface area contributed by atoms with Crippen molar-refractivity contribution in [2.24, 2.45) is 0 Å². The predicted molar refractivity (Wildman–Crippen MR) is 189 cm³/mol. The molecular weight excluding hydrogens is 592 g/mol. The van der Waals surface area contributed by atoms with Crippen molar-refractivity contribution in [1.82, 2.24) is 23.3 Å². The van der Waals surface area contributed by atoms with Gasteiger partial charge in [0.05, 0.1) is 49.9 Å². The Bertz CT molecular complexity index is 2640.